The van der Waals surface area contributed by atoms with Crippen LogP contribution in [0.1, 0.15) is 83.9 Å². The van der Waals surface area contributed by atoms with Gasteiger partial charge in [-0.3, -0.25) is 4.79 Å². The van der Waals surface area contributed by atoms with E-state index >= 15 is 0 Å². The molecule has 0 fully saturated rings. The maximum Gasteiger partial charge on any atom is 0.223 e. The molecule has 7 heteroatoms. The van der Waals surface area contributed by atoms with Crippen LogP contribution >= 0.6 is 0 Å². The summed E-state index contributed by atoms with van der Waals surface area (Å²) in [6.45, 7) is 11.7. The fourth-order valence-electron chi connectivity index (χ4n) is 5.17. The summed E-state index contributed by atoms with van der Waals surface area (Å²) in [5.74, 6) is 1.95. The Balaban J connectivity index is 1.91. The number of hydrogen-bond donors (Lipinski definition) is 2. The molecule has 0 saturated carbocycles. The van der Waals surface area contributed by atoms with Crippen LogP contribution in [0, 0.1) is 29.5 Å². The predicted octanol–water partition coefficient (Wildman–Crippen LogP) is 7.14. The van der Waals surface area contributed by atoms with Gasteiger partial charge in [-0.15, -0.1) is 0 Å². The molecule has 0 radical (unpaired) electrons. The molecule has 0 spiro atoms. The van der Waals surface area contributed by atoms with Gasteiger partial charge in [-0.05, 0) is 92.2 Å². The standard InChI is InChI=1S/C34H52FNO5/c1-23(2)28(21-26-9-18-32(40-7)33(22-26)41-20-8-19-39-6)12-15-30(37)16-17-31(24(3)4)34(38)36-25(5)27-10-13-29(35)14-11-27/h9-11,13-14,18,22-25,28,30-31,37H,8,12,15-17,19-21H2,1-7H3,(H,36,38)/t25-,28?,30+,31?/m0/s1. The Morgan fingerprint density at radius 3 is 2.17 bits per heavy atom. The molecule has 0 aliphatic carbocycles. The summed E-state index contributed by atoms with van der Waals surface area (Å²) in [7, 11) is 3.33. The van der Waals surface area contributed by atoms with Gasteiger partial charge >= 0.3 is 0 Å². The van der Waals surface area contributed by atoms with Gasteiger partial charge in [0.15, 0.2) is 11.5 Å². The van der Waals surface area contributed by atoms with Crippen LogP contribution in [0.25, 0.3) is 0 Å². The van der Waals surface area contributed by atoms with Crippen LogP contribution in [-0.2, 0) is 16.0 Å². The fraction of sp³-hybridized carbons (Fsp3) is 0.618. The van der Waals surface area contributed by atoms with Crippen LogP contribution in [0.15, 0.2) is 42.5 Å². The maximum atomic E-state index is 13.3. The Labute approximate surface area is 247 Å². The molecular formula is C34H52FNO5. The predicted molar refractivity (Wildman–Crippen MR) is 163 cm³/mol. The van der Waals surface area contributed by atoms with E-state index in [2.05, 4.69) is 31.3 Å². The van der Waals surface area contributed by atoms with Gasteiger partial charge in [0.25, 0.3) is 0 Å². The maximum absolute atomic E-state index is 13.3. The first-order chi connectivity index (χ1) is 19.5. The lowest BCUT2D eigenvalue weighted by molar-refractivity contribution is -0.127. The van der Waals surface area contributed by atoms with Gasteiger partial charge in [0.1, 0.15) is 5.82 Å². The molecule has 0 heterocycles. The summed E-state index contributed by atoms with van der Waals surface area (Å²) in [5, 5.41) is 14.0. The van der Waals surface area contributed by atoms with E-state index in [0.29, 0.717) is 44.3 Å². The number of carbonyl (C=O) groups is 1. The second-order valence-electron chi connectivity index (χ2n) is 11.8. The number of halogens is 1. The number of amides is 1. The highest BCUT2D eigenvalue weighted by Gasteiger charge is 2.25. The summed E-state index contributed by atoms with van der Waals surface area (Å²) in [6.07, 6.45) is 4.02. The van der Waals surface area contributed by atoms with Crippen LogP contribution in [0.5, 0.6) is 11.5 Å². The van der Waals surface area contributed by atoms with Gasteiger partial charge in [-0.25, -0.2) is 4.39 Å². The number of carbonyl (C=O) groups excluding carboxylic acids is 1. The average molecular weight is 574 g/mol. The molecule has 1 amide bonds. The third-order valence-electron chi connectivity index (χ3n) is 7.97. The van der Waals surface area contributed by atoms with Crippen molar-refractivity contribution in [2.45, 2.75) is 85.3 Å². The highest BCUT2D eigenvalue weighted by Crippen LogP contribution is 2.32. The first-order valence-corrected chi connectivity index (χ1v) is 15.1. The first kappa shape index (κ1) is 34.6. The number of rotatable bonds is 19. The Morgan fingerprint density at radius 2 is 1.56 bits per heavy atom. The van der Waals surface area contributed by atoms with Crippen LogP contribution in [0.2, 0.25) is 0 Å². The Bertz CT molecular complexity index is 1030. The van der Waals surface area contributed by atoms with Gasteiger partial charge < -0.3 is 24.6 Å². The molecule has 2 unspecified atom stereocenters. The van der Waals surface area contributed by atoms with E-state index in [1.165, 1.54) is 17.7 Å². The van der Waals surface area contributed by atoms with E-state index < -0.39 is 6.10 Å². The molecule has 4 atom stereocenters. The van der Waals surface area contributed by atoms with E-state index in [-0.39, 0.29) is 29.6 Å². The molecule has 2 N–H and O–H groups in total. The molecule has 0 aliphatic heterocycles. The summed E-state index contributed by atoms with van der Waals surface area (Å²) in [4.78, 5) is 13.1. The van der Waals surface area contributed by atoms with Crippen LogP contribution in [-0.4, -0.2) is 44.6 Å². The lowest BCUT2D eigenvalue weighted by atomic mass is 9.83. The van der Waals surface area contributed by atoms with Gasteiger partial charge in [-0.1, -0.05) is 45.9 Å². The number of benzene rings is 2. The molecule has 0 bridgehead atoms. The number of ether oxygens (including phenoxy) is 3. The minimum Gasteiger partial charge on any atom is -0.493 e. The number of aliphatic hydroxyl groups excluding tert-OH is 1. The van der Waals surface area contributed by atoms with Crippen molar-refractivity contribution in [3.05, 3.63) is 59.4 Å². The fourth-order valence-corrected chi connectivity index (χ4v) is 5.17. The number of nitrogens with one attached hydrogen (secondary N) is 1. The van der Waals surface area contributed by atoms with Gasteiger partial charge in [0.05, 0.1) is 25.9 Å². The second-order valence-corrected chi connectivity index (χ2v) is 11.8. The topological polar surface area (TPSA) is 77.0 Å². The van der Waals surface area contributed by atoms with Crippen molar-refractivity contribution >= 4 is 5.91 Å². The Hall–Kier alpha value is -2.64. The van der Waals surface area contributed by atoms with Crippen molar-refractivity contribution in [2.75, 3.05) is 27.4 Å². The highest BCUT2D eigenvalue weighted by molar-refractivity contribution is 5.79. The molecule has 230 valence electrons. The Morgan fingerprint density at radius 1 is 0.878 bits per heavy atom. The molecule has 0 aromatic heterocycles. The van der Waals surface area contributed by atoms with Crippen LogP contribution < -0.4 is 14.8 Å². The van der Waals surface area contributed by atoms with Crippen molar-refractivity contribution in [3.8, 4) is 11.5 Å². The smallest absolute Gasteiger partial charge is 0.223 e. The normalized spacial score (nSPS) is 14.5. The zero-order chi connectivity index (χ0) is 30.4. The summed E-state index contributed by atoms with van der Waals surface area (Å²) < 4.78 is 29.8. The zero-order valence-electron chi connectivity index (χ0n) is 26.1. The quantitative estimate of drug-likeness (QED) is 0.175. The summed E-state index contributed by atoms with van der Waals surface area (Å²) in [5.41, 5.74) is 2.05. The third kappa shape index (κ3) is 12.0. The van der Waals surface area contributed by atoms with Gasteiger partial charge in [0, 0.05) is 26.1 Å². The minimum absolute atomic E-state index is 0.0242. The SMILES string of the molecule is COCCCOc1cc(CC(CC[C@@H](O)CCC(C(=O)N[C@@H](C)c2ccc(F)cc2)C(C)C)C(C)C)ccc1OC. The molecule has 2 rings (SSSR count). The lowest BCUT2D eigenvalue weighted by Gasteiger charge is -2.25. The summed E-state index contributed by atoms with van der Waals surface area (Å²) in [6, 6.07) is 12.1. The van der Waals surface area contributed by atoms with Crippen LogP contribution in [0.4, 0.5) is 4.39 Å². The van der Waals surface area contributed by atoms with E-state index in [9.17, 15) is 14.3 Å². The van der Waals surface area contributed by atoms with Gasteiger partial charge in [-0.2, -0.15) is 0 Å². The van der Waals surface area contributed by atoms with Crippen molar-refractivity contribution in [3.63, 3.8) is 0 Å². The van der Waals surface area contributed by atoms with Crippen molar-refractivity contribution in [2.24, 2.45) is 23.7 Å². The van der Waals surface area contributed by atoms with E-state index in [1.807, 2.05) is 26.8 Å². The molecule has 0 saturated heterocycles. The number of methoxy groups -OCH3 is 2. The molecule has 0 aliphatic rings. The first-order valence-electron chi connectivity index (χ1n) is 15.1. The van der Waals surface area contributed by atoms with E-state index in [1.54, 1.807) is 26.4 Å². The lowest BCUT2D eigenvalue weighted by Crippen LogP contribution is -2.35. The Kier molecular flexibility index (Phi) is 15.2. The second kappa shape index (κ2) is 18.0. The largest absolute Gasteiger partial charge is 0.493 e. The molecule has 6 nitrogen and oxygen atoms in total. The van der Waals surface area contributed by atoms with Gasteiger partial charge in [0.2, 0.25) is 5.91 Å². The zero-order valence-corrected chi connectivity index (χ0v) is 26.1. The van der Waals surface area contributed by atoms with E-state index in [0.717, 1.165) is 36.3 Å². The minimum atomic E-state index is -0.463. The number of hydrogen-bond acceptors (Lipinski definition) is 5. The monoisotopic (exact) mass is 573 g/mol. The van der Waals surface area contributed by atoms with Crippen molar-refractivity contribution in [1.82, 2.24) is 5.32 Å². The van der Waals surface area contributed by atoms with Crippen LogP contribution in [0.3, 0.4) is 0 Å². The third-order valence-corrected chi connectivity index (χ3v) is 7.97. The van der Waals surface area contributed by atoms with E-state index in [4.69, 9.17) is 14.2 Å². The molecule has 2 aromatic rings. The number of aliphatic hydroxyl groups is 1. The molecule has 41 heavy (non-hydrogen) atoms. The average Bonchev–Trinajstić information content (AvgIpc) is 2.93. The molecular weight excluding hydrogens is 521 g/mol. The molecule has 2 aromatic carbocycles. The summed E-state index contributed by atoms with van der Waals surface area (Å²) >= 11 is 0. The van der Waals surface area contributed by atoms with Crippen molar-refractivity contribution in [1.29, 1.82) is 0 Å². The highest BCUT2D eigenvalue weighted by atomic mass is 19.1. The van der Waals surface area contributed by atoms with Crippen molar-refractivity contribution < 1.29 is 28.5 Å².